The van der Waals surface area contributed by atoms with E-state index in [1.165, 1.54) is 0 Å². The summed E-state index contributed by atoms with van der Waals surface area (Å²) >= 11 is 0. The normalized spacial score (nSPS) is 16.1. The molecule has 18 heavy (non-hydrogen) atoms. The molecule has 1 aliphatic rings. The van der Waals surface area contributed by atoms with Crippen LogP contribution >= 0.6 is 0 Å². The predicted molar refractivity (Wildman–Crippen MR) is 73.6 cm³/mol. The van der Waals surface area contributed by atoms with Crippen LogP contribution in [0.2, 0.25) is 0 Å². The van der Waals surface area contributed by atoms with Crippen molar-refractivity contribution in [3.05, 3.63) is 76.4 Å². The number of hydrogen-bond donors (Lipinski definition) is 0. The van der Waals surface area contributed by atoms with Crippen LogP contribution in [0.5, 0.6) is 0 Å². The first-order valence-corrected chi connectivity index (χ1v) is 6.14. The summed E-state index contributed by atoms with van der Waals surface area (Å²) < 4.78 is 0. The lowest BCUT2D eigenvalue weighted by Gasteiger charge is -1.97. The number of carbonyl (C=O) groups is 1. The van der Waals surface area contributed by atoms with Gasteiger partial charge in [0, 0.05) is 17.6 Å². The van der Waals surface area contributed by atoms with Crippen LogP contribution in [0.15, 0.2) is 54.1 Å². The Bertz CT molecular complexity index is 636. The lowest BCUT2D eigenvalue weighted by Crippen LogP contribution is -1.95. The van der Waals surface area contributed by atoms with Crippen LogP contribution in [0.1, 0.15) is 27.0 Å². The van der Waals surface area contributed by atoms with Crippen molar-refractivity contribution in [2.24, 2.45) is 0 Å². The van der Waals surface area contributed by atoms with Crippen LogP contribution in [0.4, 0.5) is 0 Å². The number of fused-ring (bicyclic) bond motifs is 1. The van der Waals surface area contributed by atoms with E-state index in [0.717, 1.165) is 34.2 Å². The molecule has 1 aliphatic carbocycles. The van der Waals surface area contributed by atoms with E-state index in [1.54, 1.807) is 0 Å². The van der Waals surface area contributed by atoms with Crippen LogP contribution in [0.3, 0.4) is 0 Å². The van der Waals surface area contributed by atoms with Gasteiger partial charge >= 0.3 is 0 Å². The molecule has 2 aromatic rings. The molecule has 0 bridgehead atoms. The lowest BCUT2D eigenvalue weighted by atomic mass is 10.1. The zero-order chi connectivity index (χ0) is 12.5. The van der Waals surface area contributed by atoms with Crippen molar-refractivity contribution in [2.45, 2.75) is 13.3 Å². The van der Waals surface area contributed by atoms with Crippen molar-refractivity contribution in [3.63, 3.8) is 0 Å². The number of benzene rings is 2. The molecule has 0 saturated carbocycles. The zero-order valence-electron chi connectivity index (χ0n) is 10.3. The summed E-state index contributed by atoms with van der Waals surface area (Å²) in [5.74, 6) is 0.178. The first-order chi connectivity index (χ1) is 8.74. The molecule has 0 atom stereocenters. The van der Waals surface area contributed by atoms with Crippen molar-refractivity contribution in [3.8, 4) is 0 Å². The second-order valence-corrected chi connectivity index (χ2v) is 4.75. The Hall–Kier alpha value is -2.15. The molecular formula is C17H14O. The molecule has 0 amide bonds. The number of aryl methyl sites for hydroxylation is 1. The minimum atomic E-state index is 0.178. The number of hydrogen-bond acceptors (Lipinski definition) is 1. The third kappa shape index (κ3) is 1.88. The molecule has 0 saturated heterocycles. The fourth-order valence-electron chi connectivity index (χ4n) is 2.38. The van der Waals surface area contributed by atoms with Gasteiger partial charge in [0.05, 0.1) is 0 Å². The Balaban J connectivity index is 2.00. The number of carbonyl (C=O) groups excluding carboxylic acids is 1. The highest BCUT2D eigenvalue weighted by Gasteiger charge is 2.24. The summed E-state index contributed by atoms with van der Waals surface area (Å²) in [4.78, 5) is 12.3. The number of ketones is 1. The van der Waals surface area contributed by atoms with Gasteiger partial charge in [-0.25, -0.2) is 0 Å². The maximum absolute atomic E-state index is 12.3. The molecule has 0 aliphatic heterocycles. The van der Waals surface area contributed by atoms with Gasteiger partial charge in [0.15, 0.2) is 5.78 Å². The Morgan fingerprint density at radius 1 is 1.06 bits per heavy atom. The van der Waals surface area contributed by atoms with Gasteiger partial charge in [-0.1, -0.05) is 48.0 Å². The Labute approximate surface area is 107 Å². The van der Waals surface area contributed by atoms with Gasteiger partial charge in [0.2, 0.25) is 0 Å². The second-order valence-electron chi connectivity index (χ2n) is 4.75. The fraction of sp³-hybridized carbons (Fsp3) is 0.118. The molecule has 0 fully saturated rings. The quantitative estimate of drug-likeness (QED) is 0.685. The van der Waals surface area contributed by atoms with Crippen LogP contribution < -0.4 is 0 Å². The summed E-state index contributed by atoms with van der Waals surface area (Å²) in [7, 11) is 0. The van der Waals surface area contributed by atoms with E-state index < -0.39 is 0 Å². The van der Waals surface area contributed by atoms with Gasteiger partial charge in [-0.3, -0.25) is 4.79 Å². The summed E-state index contributed by atoms with van der Waals surface area (Å²) in [6, 6.07) is 16.1. The number of Topliss-reactive ketones (excluding diaryl/α,β-unsaturated/α-hetero) is 1. The van der Waals surface area contributed by atoms with Gasteiger partial charge in [0.1, 0.15) is 0 Å². The van der Waals surface area contributed by atoms with E-state index in [4.69, 9.17) is 0 Å². The second kappa shape index (κ2) is 4.26. The maximum Gasteiger partial charge on any atom is 0.189 e. The molecular weight excluding hydrogens is 220 g/mol. The summed E-state index contributed by atoms with van der Waals surface area (Å²) in [5, 5.41) is 0. The zero-order valence-corrected chi connectivity index (χ0v) is 10.3. The number of rotatable bonds is 1. The van der Waals surface area contributed by atoms with Gasteiger partial charge in [-0.2, -0.15) is 0 Å². The predicted octanol–water partition coefficient (Wildman–Crippen LogP) is 3.82. The molecule has 0 heterocycles. The van der Waals surface area contributed by atoms with Crippen LogP contribution in [0, 0.1) is 6.92 Å². The van der Waals surface area contributed by atoms with E-state index in [1.807, 2.05) is 49.4 Å². The smallest absolute Gasteiger partial charge is 0.189 e. The molecule has 0 unspecified atom stereocenters. The van der Waals surface area contributed by atoms with E-state index >= 15 is 0 Å². The molecule has 0 spiro atoms. The molecule has 0 radical (unpaired) electrons. The van der Waals surface area contributed by atoms with Gasteiger partial charge < -0.3 is 0 Å². The Morgan fingerprint density at radius 2 is 1.83 bits per heavy atom. The third-order valence-corrected chi connectivity index (χ3v) is 3.32. The lowest BCUT2D eigenvalue weighted by molar-refractivity contribution is 0.104. The SMILES string of the molecule is Cc1ccc2c(c1)C(=O)C(=Cc1ccccc1)C2. The highest BCUT2D eigenvalue weighted by atomic mass is 16.1. The topological polar surface area (TPSA) is 17.1 Å². The van der Waals surface area contributed by atoms with Gasteiger partial charge in [0.25, 0.3) is 0 Å². The first kappa shape index (κ1) is 11.0. The minimum absolute atomic E-state index is 0.178. The monoisotopic (exact) mass is 234 g/mol. The molecule has 3 rings (SSSR count). The Morgan fingerprint density at radius 3 is 2.61 bits per heavy atom. The number of allylic oxidation sites excluding steroid dienone is 1. The summed E-state index contributed by atoms with van der Waals surface area (Å²) in [6.45, 7) is 2.02. The van der Waals surface area contributed by atoms with E-state index in [0.29, 0.717) is 0 Å². The van der Waals surface area contributed by atoms with Crippen LogP contribution in [-0.2, 0) is 6.42 Å². The van der Waals surface area contributed by atoms with Crippen LogP contribution in [0.25, 0.3) is 6.08 Å². The molecule has 0 aromatic heterocycles. The molecule has 1 heteroatoms. The minimum Gasteiger partial charge on any atom is -0.289 e. The highest BCUT2D eigenvalue weighted by molar-refractivity contribution is 6.15. The van der Waals surface area contributed by atoms with E-state index in [9.17, 15) is 4.79 Å². The molecule has 0 N–H and O–H groups in total. The average molecular weight is 234 g/mol. The fourth-order valence-corrected chi connectivity index (χ4v) is 2.38. The van der Waals surface area contributed by atoms with Crippen molar-refractivity contribution < 1.29 is 4.79 Å². The van der Waals surface area contributed by atoms with Crippen molar-refractivity contribution in [1.82, 2.24) is 0 Å². The van der Waals surface area contributed by atoms with Crippen molar-refractivity contribution in [2.75, 3.05) is 0 Å². The van der Waals surface area contributed by atoms with E-state index in [2.05, 4.69) is 12.1 Å². The summed E-state index contributed by atoms with van der Waals surface area (Å²) in [6.07, 6.45) is 2.75. The maximum atomic E-state index is 12.3. The standard InChI is InChI=1S/C17H14O/c1-12-7-8-14-11-15(17(18)16(14)9-12)10-13-5-3-2-4-6-13/h2-10H,11H2,1H3. The Kier molecular flexibility index (Phi) is 2.60. The highest BCUT2D eigenvalue weighted by Crippen LogP contribution is 2.28. The van der Waals surface area contributed by atoms with Gasteiger partial charge in [-0.05, 0) is 30.2 Å². The molecule has 2 aromatic carbocycles. The van der Waals surface area contributed by atoms with Crippen LogP contribution in [-0.4, -0.2) is 5.78 Å². The largest absolute Gasteiger partial charge is 0.289 e. The molecule has 88 valence electrons. The first-order valence-electron chi connectivity index (χ1n) is 6.14. The average Bonchev–Trinajstić information content (AvgIpc) is 2.68. The third-order valence-electron chi connectivity index (χ3n) is 3.32. The molecule has 1 nitrogen and oxygen atoms in total. The van der Waals surface area contributed by atoms with Crippen molar-refractivity contribution >= 4 is 11.9 Å². The van der Waals surface area contributed by atoms with Crippen molar-refractivity contribution in [1.29, 1.82) is 0 Å². The van der Waals surface area contributed by atoms with E-state index in [-0.39, 0.29) is 5.78 Å². The summed E-state index contributed by atoms with van der Waals surface area (Å²) in [5.41, 5.74) is 5.14. The van der Waals surface area contributed by atoms with Gasteiger partial charge in [-0.15, -0.1) is 0 Å².